The standard InChI is InChI=1S/C22H28N6O/c1-15-12-16(2)28(24-15)14-18-8-7-9-19(13-18)22(29)23-20-17(3)26(4)25-21(20)27-10-5-6-11-27/h7-9,12-13H,5-6,10-11,14H2,1-4H3,(H,23,29). The molecular formula is C22H28N6O. The summed E-state index contributed by atoms with van der Waals surface area (Å²) in [6.07, 6.45) is 2.33. The topological polar surface area (TPSA) is 68.0 Å². The van der Waals surface area contributed by atoms with E-state index in [2.05, 4.69) is 26.5 Å². The number of rotatable bonds is 5. The number of carbonyl (C=O) groups excluding carboxylic acids is 1. The van der Waals surface area contributed by atoms with Gasteiger partial charge in [-0.2, -0.15) is 10.2 Å². The zero-order chi connectivity index (χ0) is 20.5. The van der Waals surface area contributed by atoms with E-state index in [1.165, 1.54) is 0 Å². The van der Waals surface area contributed by atoms with Crippen molar-refractivity contribution in [3.63, 3.8) is 0 Å². The molecule has 0 saturated carbocycles. The highest BCUT2D eigenvalue weighted by Crippen LogP contribution is 2.31. The fourth-order valence-electron chi connectivity index (χ4n) is 3.89. The number of amides is 1. The van der Waals surface area contributed by atoms with Gasteiger partial charge in [-0.25, -0.2) is 0 Å². The molecule has 1 aromatic carbocycles. The van der Waals surface area contributed by atoms with Gasteiger partial charge in [0.2, 0.25) is 0 Å². The molecule has 1 amide bonds. The lowest BCUT2D eigenvalue weighted by molar-refractivity contribution is 0.102. The van der Waals surface area contributed by atoms with Crippen LogP contribution in [-0.2, 0) is 13.6 Å². The maximum atomic E-state index is 13.0. The predicted octanol–water partition coefficient (Wildman–Crippen LogP) is 3.44. The van der Waals surface area contributed by atoms with Crippen LogP contribution in [0.1, 0.15) is 45.8 Å². The number of nitrogens with one attached hydrogen (secondary N) is 1. The van der Waals surface area contributed by atoms with E-state index in [-0.39, 0.29) is 5.91 Å². The monoisotopic (exact) mass is 392 g/mol. The van der Waals surface area contributed by atoms with Gasteiger partial charge in [0, 0.05) is 31.4 Å². The summed E-state index contributed by atoms with van der Waals surface area (Å²) in [5.41, 5.74) is 5.56. The van der Waals surface area contributed by atoms with E-state index in [4.69, 9.17) is 0 Å². The minimum absolute atomic E-state index is 0.114. The van der Waals surface area contributed by atoms with Crippen LogP contribution in [0.3, 0.4) is 0 Å². The minimum atomic E-state index is -0.114. The number of aromatic nitrogens is 4. The summed E-state index contributed by atoms with van der Waals surface area (Å²) >= 11 is 0. The first kappa shape index (κ1) is 19.2. The number of hydrogen-bond donors (Lipinski definition) is 1. The summed E-state index contributed by atoms with van der Waals surface area (Å²) in [6.45, 7) is 8.63. The second kappa shape index (κ2) is 7.73. The molecule has 0 radical (unpaired) electrons. The summed E-state index contributed by atoms with van der Waals surface area (Å²) in [5.74, 6) is 0.756. The van der Waals surface area contributed by atoms with Crippen molar-refractivity contribution in [1.29, 1.82) is 0 Å². The molecule has 1 N–H and O–H groups in total. The third-order valence-corrected chi connectivity index (χ3v) is 5.58. The molecule has 4 rings (SSSR count). The molecule has 3 aromatic rings. The second-order valence-electron chi connectivity index (χ2n) is 7.84. The molecule has 1 aliphatic heterocycles. The quantitative estimate of drug-likeness (QED) is 0.722. The van der Waals surface area contributed by atoms with E-state index in [0.717, 1.165) is 60.1 Å². The summed E-state index contributed by atoms with van der Waals surface area (Å²) in [5, 5.41) is 12.3. The average molecular weight is 393 g/mol. The van der Waals surface area contributed by atoms with Crippen molar-refractivity contribution in [2.75, 3.05) is 23.3 Å². The van der Waals surface area contributed by atoms with Gasteiger partial charge >= 0.3 is 0 Å². The number of anilines is 2. The van der Waals surface area contributed by atoms with E-state index in [9.17, 15) is 4.79 Å². The van der Waals surface area contributed by atoms with Crippen LogP contribution < -0.4 is 10.2 Å². The van der Waals surface area contributed by atoms with E-state index < -0.39 is 0 Å². The Labute approximate surface area is 171 Å². The predicted molar refractivity (Wildman–Crippen MR) is 115 cm³/mol. The molecule has 3 heterocycles. The molecular weight excluding hydrogens is 364 g/mol. The lowest BCUT2D eigenvalue weighted by atomic mass is 10.1. The highest BCUT2D eigenvalue weighted by molar-refractivity contribution is 6.06. The third kappa shape index (κ3) is 3.90. The highest BCUT2D eigenvalue weighted by Gasteiger charge is 2.23. The third-order valence-electron chi connectivity index (χ3n) is 5.58. The van der Waals surface area contributed by atoms with Crippen molar-refractivity contribution >= 4 is 17.4 Å². The van der Waals surface area contributed by atoms with Gasteiger partial charge in [0.25, 0.3) is 5.91 Å². The Kier molecular flexibility index (Phi) is 5.13. The van der Waals surface area contributed by atoms with E-state index in [0.29, 0.717) is 12.1 Å². The summed E-state index contributed by atoms with van der Waals surface area (Å²) in [6, 6.07) is 9.79. The number of carbonyl (C=O) groups is 1. The summed E-state index contributed by atoms with van der Waals surface area (Å²) < 4.78 is 3.80. The molecule has 0 aliphatic carbocycles. The lowest BCUT2D eigenvalue weighted by Gasteiger charge is -2.17. The Morgan fingerprint density at radius 2 is 1.86 bits per heavy atom. The van der Waals surface area contributed by atoms with Crippen molar-refractivity contribution in [3.8, 4) is 0 Å². The number of nitrogens with zero attached hydrogens (tertiary/aromatic N) is 5. The average Bonchev–Trinajstić information content (AvgIpc) is 3.39. The first-order valence-corrected chi connectivity index (χ1v) is 10.1. The molecule has 7 heteroatoms. The Bertz CT molecular complexity index is 1040. The second-order valence-corrected chi connectivity index (χ2v) is 7.84. The number of aryl methyl sites for hydroxylation is 3. The molecule has 1 aliphatic rings. The zero-order valence-corrected chi connectivity index (χ0v) is 17.6. The Morgan fingerprint density at radius 3 is 2.55 bits per heavy atom. The minimum Gasteiger partial charge on any atom is -0.353 e. The van der Waals surface area contributed by atoms with Crippen molar-refractivity contribution < 1.29 is 4.79 Å². The van der Waals surface area contributed by atoms with Gasteiger partial charge in [0.05, 0.1) is 17.9 Å². The van der Waals surface area contributed by atoms with Gasteiger partial charge in [0.1, 0.15) is 5.69 Å². The maximum absolute atomic E-state index is 13.0. The van der Waals surface area contributed by atoms with Crippen LogP contribution in [0.25, 0.3) is 0 Å². The maximum Gasteiger partial charge on any atom is 0.255 e. The van der Waals surface area contributed by atoms with Crippen molar-refractivity contribution in [1.82, 2.24) is 19.6 Å². The molecule has 7 nitrogen and oxygen atoms in total. The van der Waals surface area contributed by atoms with Gasteiger partial charge < -0.3 is 10.2 Å². The number of hydrogen-bond acceptors (Lipinski definition) is 4. The largest absolute Gasteiger partial charge is 0.353 e. The van der Waals surface area contributed by atoms with Crippen molar-refractivity contribution in [2.45, 2.75) is 40.2 Å². The molecule has 0 spiro atoms. The Morgan fingerprint density at radius 1 is 1.10 bits per heavy atom. The van der Waals surface area contributed by atoms with Gasteiger partial charge in [-0.3, -0.25) is 14.2 Å². The van der Waals surface area contributed by atoms with E-state index >= 15 is 0 Å². The first-order valence-electron chi connectivity index (χ1n) is 10.1. The van der Waals surface area contributed by atoms with Gasteiger partial charge in [0.15, 0.2) is 5.82 Å². The van der Waals surface area contributed by atoms with Gasteiger partial charge in [-0.15, -0.1) is 0 Å². The Hall–Kier alpha value is -3.09. The zero-order valence-electron chi connectivity index (χ0n) is 17.6. The molecule has 1 saturated heterocycles. The van der Waals surface area contributed by atoms with Crippen LogP contribution in [0.4, 0.5) is 11.5 Å². The van der Waals surface area contributed by atoms with Crippen molar-refractivity contribution in [3.05, 3.63) is 58.5 Å². The van der Waals surface area contributed by atoms with Gasteiger partial charge in [-0.05, 0) is 57.4 Å². The normalized spacial score (nSPS) is 13.9. The fourth-order valence-corrected chi connectivity index (χ4v) is 3.89. The van der Waals surface area contributed by atoms with Crippen LogP contribution in [0.2, 0.25) is 0 Å². The molecule has 0 atom stereocenters. The molecule has 29 heavy (non-hydrogen) atoms. The first-order chi connectivity index (χ1) is 13.9. The van der Waals surface area contributed by atoms with Crippen LogP contribution in [0, 0.1) is 20.8 Å². The summed E-state index contributed by atoms with van der Waals surface area (Å²) in [7, 11) is 1.92. The van der Waals surface area contributed by atoms with Crippen LogP contribution >= 0.6 is 0 Å². The highest BCUT2D eigenvalue weighted by atomic mass is 16.1. The smallest absolute Gasteiger partial charge is 0.255 e. The fraction of sp³-hybridized carbons (Fsp3) is 0.409. The van der Waals surface area contributed by atoms with Crippen LogP contribution in [0.15, 0.2) is 30.3 Å². The van der Waals surface area contributed by atoms with Crippen LogP contribution in [0.5, 0.6) is 0 Å². The SMILES string of the molecule is Cc1cc(C)n(Cc2cccc(C(=O)Nc3c(N4CCCC4)nn(C)c3C)c2)n1. The number of benzene rings is 1. The molecule has 152 valence electrons. The molecule has 1 fully saturated rings. The summed E-state index contributed by atoms with van der Waals surface area (Å²) in [4.78, 5) is 15.3. The van der Waals surface area contributed by atoms with E-state index in [1.54, 1.807) is 0 Å². The lowest BCUT2D eigenvalue weighted by Crippen LogP contribution is -2.21. The van der Waals surface area contributed by atoms with Gasteiger partial charge in [-0.1, -0.05) is 12.1 Å². The van der Waals surface area contributed by atoms with E-state index in [1.807, 2.05) is 61.4 Å². The molecule has 0 bridgehead atoms. The molecule has 0 unspecified atom stereocenters. The molecule has 2 aromatic heterocycles. The Balaban J connectivity index is 1.56. The van der Waals surface area contributed by atoms with Crippen LogP contribution in [-0.4, -0.2) is 38.6 Å². The van der Waals surface area contributed by atoms with Crippen molar-refractivity contribution in [2.24, 2.45) is 7.05 Å².